The molecule has 0 bridgehead atoms. The zero-order valence-corrected chi connectivity index (χ0v) is 14.5. The summed E-state index contributed by atoms with van der Waals surface area (Å²) in [7, 11) is 0. The molecule has 130 valence electrons. The van der Waals surface area contributed by atoms with E-state index >= 15 is 0 Å². The Morgan fingerprint density at radius 1 is 1.31 bits per heavy atom. The Morgan fingerprint density at radius 2 is 2.15 bits per heavy atom. The van der Waals surface area contributed by atoms with Crippen LogP contribution in [-0.2, 0) is 6.42 Å². The molecule has 4 nitrogen and oxygen atoms in total. The molecule has 0 fully saturated rings. The van der Waals surface area contributed by atoms with Crippen molar-refractivity contribution >= 4 is 27.7 Å². The van der Waals surface area contributed by atoms with E-state index in [2.05, 4.69) is 4.98 Å². The summed E-state index contributed by atoms with van der Waals surface area (Å²) in [6.07, 6.45) is 0.415. The van der Waals surface area contributed by atoms with Gasteiger partial charge in [-0.1, -0.05) is 18.1 Å². The van der Waals surface area contributed by atoms with Crippen LogP contribution in [0.1, 0.15) is 31.4 Å². The fraction of sp³-hybridized carbons (Fsp3) is 0.143. The summed E-state index contributed by atoms with van der Waals surface area (Å²) >= 11 is 1.35. The average molecular weight is 370 g/mol. The lowest BCUT2D eigenvalue weighted by Gasteiger charge is -2.07. The number of oxazole rings is 1. The summed E-state index contributed by atoms with van der Waals surface area (Å²) in [5.74, 6) is 0.320. The van der Waals surface area contributed by atoms with Gasteiger partial charge in [-0.2, -0.15) is 0 Å². The lowest BCUT2D eigenvalue weighted by molar-refractivity contribution is 0.112. The molecule has 2 heterocycles. The molecule has 2 aromatic heterocycles. The second kappa shape index (κ2) is 7.14. The Labute approximate surface area is 164 Å². The Balaban J connectivity index is 1.67. The average Bonchev–Trinajstić information content (AvgIpc) is 3.38. The van der Waals surface area contributed by atoms with Crippen LogP contribution >= 0.6 is 11.3 Å². The van der Waals surface area contributed by atoms with E-state index in [1.165, 1.54) is 17.4 Å². The van der Waals surface area contributed by atoms with Gasteiger partial charge in [-0.05, 0) is 42.6 Å². The molecule has 0 saturated heterocycles. The first-order valence-electron chi connectivity index (χ1n) is 11.2. The molecule has 0 unspecified atom stereocenters. The third kappa shape index (κ3) is 3.13. The van der Waals surface area contributed by atoms with Crippen LogP contribution in [0.3, 0.4) is 0 Å². The van der Waals surface area contributed by atoms with E-state index in [0.717, 1.165) is 6.29 Å². The molecular formula is C21H17NO3S. The Hall–Kier alpha value is -2.92. The highest BCUT2D eigenvalue weighted by atomic mass is 32.1. The number of benzene rings is 2. The van der Waals surface area contributed by atoms with Gasteiger partial charge in [0.2, 0.25) is 5.89 Å². The summed E-state index contributed by atoms with van der Waals surface area (Å²) in [5, 5.41) is 2.40. The van der Waals surface area contributed by atoms with Crippen LogP contribution in [0.4, 0.5) is 0 Å². The molecule has 2 aromatic carbocycles. The van der Waals surface area contributed by atoms with Crippen molar-refractivity contribution in [3.8, 4) is 17.2 Å². The van der Waals surface area contributed by atoms with Crippen LogP contribution in [-0.4, -0.2) is 17.8 Å². The first-order valence-corrected chi connectivity index (χ1v) is 8.60. The minimum atomic E-state index is -2.21. The Kier molecular flexibility index (Phi) is 2.82. The molecule has 0 atom stereocenters. The number of ether oxygens (including phenoxy) is 1. The number of carbonyl (C=O) groups excluding carboxylic acids is 1. The second-order valence-corrected chi connectivity index (χ2v) is 6.30. The lowest BCUT2D eigenvalue weighted by atomic mass is 10.1. The van der Waals surface area contributed by atoms with Gasteiger partial charge in [0, 0.05) is 27.6 Å². The summed E-state index contributed by atoms with van der Waals surface area (Å²) in [6, 6.07) is 2.38. The van der Waals surface area contributed by atoms with Crippen LogP contribution in [0, 0.1) is 6.92 Å². The van der Waals surface area contributed by atoms with Crippen molar-refractivity contribution in [1.82, 2.24) is 4.98 Å². The fourth-order valence-electron chi connectivity index (χ4n) is 2.48. The van der Waals surface area contributed by atoms with E-state index in [1.54, 1.807) is 24.4 Å². The Morgan fingerprint density at radius 3 is 2.96 bits per heavy atom. The highest BCUT2D eigenvalue weighted by molar-refractivity contribution is 7.17. The van der Waals surface area contributed by atoms with Gasteiger partial charge in [0.05, 0.1) is 21.8 Å². The minimum absolute atomic E-state index is 0.188. The van der Waals surface area contributed by atoms with Gasteiger partial charge in [0.1, 0.15) is 11.5 Å². The van der Waals surface area contributed by atoms with Crippen molar-refractivity contribution < 1.29 is 23.5 Å². The number of hydrogen-bond acceptors (Lipinski definition) is 5. The quantitative estimate of drug-likeness (QED) is 0.432. The van der Waals surface area contributed by atoms with Gasteiger partial charge < -0.3 is 9.15 Å². The number of fused-ring (bicyclic) bond motifs is 1. The largest absolute Gasteiger partial charge is 0.493 e. The molecule has 0 spiro atoms. The number of rotatable bonds is 6. The number of aromatic nitrogens is 1. The van der Waals surface area contributed by atoms with Gasteiger partial charge in [-0.3, -0.25) is 4.79 Å². The van der Waals surface area contributed by atoms with E-state index in [9.17, 15) is 4.79 Å². The van der Waals surface area contributed by atoms with Crippen LogP contribution < -0.4 is 4.74 Å². The van der Waals surface area contributed by atoms with Crippen molar-refractivity contribution in [2.24, 2.45) is 0 Å². The summed E-state index contributed by atoms with van der Waals surface area (Å²) in [4.78, 5) is 15.5. The van der Waals surface area contributed by atoms with Crippen molar-refractivity contribution in [2.45, 2.75) is 13.3 Å². The van der Waals surface area contributed by atoms with Gasteiger partial charge in [-0.25, -0.2) is 4.98 Å². The maximum Gasteiger partial charge on any atom is 0.226 e. The van der Waals surface area contributed by atoms with Gasteiger partial charge in [0.15, 0.2) is 6.29 Å². The van der Waals surface area contributed by atoms with E-state index in [4.69, 9.17) is 18.7 Å². The highest BCUT2D eigenvalue weighted by Gasteiger charge is 2.12. The maximum atomic E-state index is 11.2. The minimum Gasteiger partial charge on any atom is -0.493 e. The molecule has 26 heavy (non-hydrogen) atoms. The van der Waals surface area contributed by atoms with Crippen molar-refractivity contribution in [2.75, 3.05) is 6.56 Å². The smallest absolute Gasteiger partial charge is 0.226 e. The third-order valence-corrected chi connectivity index (χ3v) is 4.73. The first-order chi connectivity index (χ1) is 15.5. The lowest BCUT2D eigenvalue weighted by Crippen LogP contribution is -2.03. The van der Waals surface area contributed by atoms with E-state index in [0.29, 0.717) is 15.6 Å². The van der Waals surface area contributed by atoms with Gasteiger partial charge in [0.25, 0.3) is 0 Å². The molecular weight excluding hydrogens is 346 g/mol. The number of nitrogens with zero attached hydrogens (tertiary/aromatic N) is 1. The normalized spacial score (nSPS) is 15.3. The van der Waals surface area contributed by atoms with Crippen molar-refractivity contribution in [3.63, 3.8) is 0 Å². The zero-order valence-electron chi connectivity index (χ0n) is 20.7. The Bertz CT molecular complexity index is 1370. The van der Waals surface area contributed by atoms with E-state index in [-0.39, 0.29) is 35.1 Å². The predicted molar refractivity (Wildman–Crippen MR) is 103 cm³/mol. The molecule has 0 aliphatic heterocycles. The third-order valence-electron chi connectivity index (χ3n) is 3.76. The first kappa shape index (κ1) is 10.3. The molecule has 0 saturated carbocycles. The fourth-order valence-corrected chi connectivity index (χ4v) is 3.37. The van der Waals surface area contributed by atoms with Crippen molar-refractivity contribution in [1.29, 1.82) is 0 Å². The summed E-state index contributed by atoms with van der Waals surface area (Å²) in [5.41, 5.74) is 0.484. The highest BCUT2D eigenvalue weighted by Crippen LogP contribution is 2.32. The van der Waals surface area contributed by atoms with E-state index < -0.39 is 36.8 Å². The molecule has 4 aromatic rings. The molecule has 0 aliphatic rings. The molecule has 0 aliphatic carbocycles. The predicted octanol–water partition coefficient (Wildman–Crippen LogP) is 5.30. The zero-order chi connectivity index (χ0) is 24.1. The number of aldehydes is 1. The van der Waals surface area contributed by atoms with Gasteiger partial charge >= 0.3 is 0 Å². The second-order valence-electron chi connectivity index (χ2n) is 5.38. The molecule has 0 radical (unpaired) electrons. The molecule has 0 N–H and O–H groups in total. The molecule has 4 rings (SSSR count). The standard InChI is InChI=1S/C21H17NO3S/c1-14-18(22-21(25-14)15-5-3-2-4-6-15)9-11-24-19-8-7-16(13-23)20-17(19)10-12-26-20/h2-8,10,12-13H,9,11H2,1H3/i2D,3D,4D,5D,6D,11D2. The van der Waals surface area contributed by atoms with E-state index in [1.807, 2.05) is 0 Å². The topological polar surface area (TPSA) is 52.3 Å². The van der Waals surface area contributed by atoms with Crippen LogP contribution in [0.15, 0.2) is 58.2 Å². The van der Waals surface area contributed by atoms with Crippen molar-refractivity contribution in [3.05, 3.63) is 70.8 Å². The van der Waals surface area contributed by atoms with Crippen LogP contribution in [0.25, 0.3) is 21.5 Å². The number of aryl methyl sites for hydroxylation is 2. The van der Waals surface area contributed by atoms with Gasteiger partial charge in [-0.15, -0.1) is 11.3 Å². The SMILES string of the molecule is [2H]c1c([2H])c([2H])c(-c2nc(CC([2H])([2H])Oc3ccc(C=O)c4sccc34)c(C)o2)c([2H])c1[2H]. The summed E-state index contributed by atoms with van der Waals surface area (Å²) in [6.45, 7) is -0.663. The van der Waals surface area contributed by atoms with Crippen LogP contribution in [0.2, 0.25) is 0 Å². The molecule has 5 heteroatoms. The maximum absolute atomic E-state index is 11.2. The van der Waals surface area contributed by atoms with Crippen LogP contribution in [0.5, 0.6) is 5.75 Å². The number of thiophene rings is 1. The monoisotopic (exact) mass is 370 g/mol. The molecule has 0 amide bonds. The number of hydrogen-bond donors (Lipinski definition) is 0. The number of carbonyl (C=O) groups is 1. The summed E-state index contributed by atoms with van der Waals surface area (Å²) < 4.78 is 68.1.